The summed E-state index contributed by atoms with van der Waals surface area (Å²) in [5, 5.41) is 8.86. The summed E-state index contributed by atoms with van der Waals surface area (Å²) in [6.07, 6.45) is -3.97. The number of nitrogens with two attached hydrogens (primary N) is 2. The number of anilines is 1. The quantitative estimate of drug-likeness (QED) is 0.538. The van der Waals surface area contributed by atoms with Crippen LogP contribution in [0.1, 0.15) is 41.3 Å². The second kappa shape index (κ2) is 7.83. The van der Waals surface area contributed by atoms with Crippen molar-refractivity contribution in [3.05, 3.63) is 52.9 Å². The van der Waals surface area contributed by atoms with Crippen LogP contribution in [0.3, 0.4) is 0 Å². The van der Waals surface area contributed by atoms with Gasteiger partial charge in [0.1, 0.15) is 34.6 Å². The topological polar surface area (TPSA) is 140 Å². The fourth-order valence-electron chi connectivity index (χ4n) is 3.09. The standard InChI is InChI=1S/C20H18F4N6O2/c1-18(9-32-19(2,17(27)30-18)20(22,23)24)16-12(21)4-3-11(29-16)6-14(31)15-13(26)5-10(7-25)8-28-15/h3-5,8H,6,9,26H2,1-2H3,(H2,27,30)/t18-,19+/m0/s1. The van der Waals surface area contributed by atoms with Gasteiger partial charge in [-0.3, -0.25) is 14.8 Å². The third-order valence-electron chi connectivity index (χ3n) is 5.10. The van der Waals surface area contributed by atoms with Crippen molar-refractivity contribution in [2.45, 2.75) is 37.6 Å². The molecule has 2 aromatic heterocycles. The lowest BCUT2D eigenvalue weighted by Crippen LogP contribution is -2.60. The number of nitrogen functional groups attached to an aromatic ring is 1. The van der Waals surface area contributed by atoms with Crippen LogP contribution >= 0.6 is 0 Å². The van der Waals surface area contributed by atoms with Gasteiger partial charge >= 0.3 is 6.18 Å². The monoisotopic (exact) mass is 450 g/mol. The smallest absolute Gasteiger partial charge is 0.397 e. The fraction of sp³-hybridized carbons (Fsp3) is 0.350. The van der Waals surface area contributed by atoms with E-state index in [4.69, 9.17) is 21.5 Å². The zero-order valence-electron chi connectivity index (χ0n) is 17.0. The molecule has 0 bridgehead atoms. The fourth-order valence-corrected chi connectivity index (χ4v) is 3.09. The van der Waals surface area contributed by atoms with Crippen molar-refractivity contribution in [3.8, 4) is 6.07 Å². The van der Waals surface area contributed by atoms with Crippen LogP contribution in [0.25, 0.3) is 0 Å². The Balaban J connectivity index is 1.93. The number of alkyl halides is 3. The predicted molar refractivity (Wildman–Crippen MR) is 105 cm³/mol. The number of aromatic nitrogens is 2. The molecule has 3 rings (SSSR count). The van der Waals surface area contributed by atoms with Gasteiger partial charge in [0.2, 0.25) is 5.60 Å². The predicted octanol–water partition coefficient (Wildman–Crippen LogP) is 2.42. The number of aliphatic imine (C=N–C) groups is 1. The van der Waals surface area contributed by atoms with Crippen LogP contribution in [0.4, 0.5) is 23.2 Å². The van der Waals surface area contributed by atoms with Crippen molar-refractivity contribution in [1.82, 2.24) is 9.97 Å². The molecule has 1 aliphatic heterocycles. The maximum Gasteiger partial charge on any atom is 0.424 e. The second-order valence-electron chi connectivity index (χ2n) is 7.60. The Kier molecular flexibility index (Phi) is 5.65. The van der Waals surface area contributed by atoms with Crippen molar-refractivity contribution >= 4 is 17.3 Å². The zero-order valence-corrected chi connectivity index (χ0v) is 17.0. The van der Waals surface area contributed by atoms with Crippen LogP contribution in [0.15, 0.2) is 29.4 Å². The van der Waals surface area contributed by atoms with Crippen LogP contribution in [-0.2, 0) is 16.7 Å². The first-order chi connectivity index (χ1) is 14.8. The van der Waals surface area contributed by atoms with E-state index in [1.54, 1.807) is 0 Å². The molecule has 0 radical (unpaired) electrons. The molecule has 0 aromatic carbocycles. The molecule has 168 valence electrons. The van der Waals surface area contributed by atoms with E-state index in [0.29, 0.717) is 0 Å². The number of ketones is 1. The molecule has 2 aromatic rings. The first-order valence-electron chi connectivity index (χ1n) is 9.22. The molecule has 32 heavy (non-hydrogen) atoms. The van der Waals surface area contributed by atoms with E-state index < -0.39 is 41.4 Å². The summed E-state index contributed by atoms with van der Waals surface area (Å²) < 4.78 is 59.5. The number of pyridine rings is 2. The molecule has 0 unspecified atom stereocenters. The first-order valence-corrected chi connectivity index (χ1v) is 9.22. The molecule has 0 saturated heterocycles. The Morgan fingerprint density at radius 3 is 2.56 bits per heavy atom. The highest BCUT2D eigenvalue weighted by atomic mass is 19.4. The number of carbonyl (C=O) groups excluding carboxylic acids is 1. The summed E-state index contributed by atoms with van der Waals surface area (Å²) in [7, 11) is 0. The maximum atomic E-state index is 14.6. The van der Waals surface area contributed by atoms with Crippen molar-refractivity contribution in [1.29, 1.82) is 5.26 Å². The average molecular weight is 450 g/mol. The third kappa shape index (κ3) is 3.99. The van der Waals surface area contributed by atoms with Gasteiger partial charge in [-0.05, 0) is 32.0 Å². The van der Waals surface area contributed by atoms with Gasteiger partial charge in [0.15, 0.2) is 5.78 Å². The van der Waals surface area contributed by atoms with Gasteiger partial charge in [0, 0.05) is 11.9 Å². The molecule has 0 aliphatic carbocycles. The van der Waals surface area contributed by atoms with E-state index in [-0.39, 0.29) is 34.8 Å². The molecule has 0 spiro atoms. The van der Waals surface area contributed by atoms with E-state index >= 15 is 0 Å². The number of ether oxygens (including phenoxy) is 1. The number of halogens is 4. The van der Waals surface area contributed by atoms with E-state index in [9.17, 15) is 22.4 Å². The Morgan fingerprint density at radius 1 is 1.31 bits per heavy atom. The molecule has 3 heterocycles. The average Bonchev–Trinajstić information content (AvgIpc) is 2.71. The van der Waals surface area contributed by atoms with Gasteiger partial charge in [0.05, 0.1) is 24.3 Å². The molecular formula is C20H18F4N6O2. The summed E-state index contributed by atoms with van der Waals surface area (Å²) in [4.78, 5) is 24.4. The van der Waals surface area contributed by atoms with E-state index in [1.165, 1.54) is 25.3 Å². The molecule has 8 nitrogen and oxygen atoms in total. The molecule has 12 heteroatoms. The van der Waals surface area contributed by atoms with Crippen LogP contribution in [0.5, 0.6) is 0 Å². The van der Waals surface area contributed by atoms with Crippen molar-refractivity contribution in [2.24, 2.45) is 10.7 Å². The molecule has 1 aliphatic rings. The van der Waals surface area contributed by atoms with E-state index in [0.717, 1.165) is 13.0 Å². The van der Waals surface area contributed by atoms with Gasteiger partial charge in [0.25, 0.3) is 0 Å². The number of carbonyl (C=O) groups is 1. The second-order valence-corrected chi connectivity index (χ2v) is 7.60. The van der Waals surface area contributed by atoms with E-state index in [2.05, 4.69) is 15.0 Å². The minimum Gasteiger partial charge on any atom is -0.397 e. The molecule has 0 saturated carbocycles. The summed E-state index contributed by atoms with van der Waals surface area (Å²) >= 11 is 0. The Bertz CT molecular complexity index is 1160. The molecule has 0 fully saturated rings. The highest BCUT2D eigenvalue weighted by molar-refractivity contribution is 6.00. The highest BCUT2D eigenvalue weighted by Gasteiger charge is 2.59. The van der Waals surface area contributed by atoms with Crippen molar-refractivity contribution in [3.63, 3.8) is 0 Å². The first kappa shape index (κ1) is 23.1. The molecule has 4 N–H and O–H groups in total. The van der Waals surface area contributed by atoms with Crippen molar-refractivity contribution in [2.75, 3.05) is 12.3 Å². The van der Waals surface area contributed by atoms with Crippen LogP contribution in [0, 0.1) is 17.1 Å². The minimum absolute atomic E-state index is 0.00663. The normalized spacial score (nSPS) is 23.3. The summed E-state index contributed by atoms with van der Waals surface area (Å²) in [5.41, 5.74) is 6.72. The number of amidine groups is 1. The number of hydrogen-bond acceptors (Lipinski definition) is 8. The highest BCUT2D eigenvalue weighted by Crippen LogP contribution is 2.40. The van der Waals surface area contributed by atoms with Gasteiger partial charge < -0.3 is 16.2 Å². The molecule has 0 amide bonds. The lowest BCUT2D eigenvalue weighted by Gasteiger charge is -2.40. The lowest BCUT2D eigenvalue weighted by atomic mass is 9.93. The maximum absolute atomic E-state index is 14.6. The van der Waals surface area contributed by atoms with E-state index in [1.807, 2.05) is 6.07 Å². The lowest BCUT2D eigenvalue weighted by molar-refractivity contribution is -0.249. The Labute approximate surface area is 179 Å². The zero-order chi connectivity index (χ0) is 23.9. The summed E-state index contributed by atoms with van der Waals surface area (Å²) in [5.74, 6) is -2.26. The number of nitriles is 1. The number of nitrogens with zero attached hydrogens (tertiary/aromatic N) is 4. The SMILES string of the molecule is C[C@@]1(c2nc(CC(=O)c3ncc(C#N)cc3N)ccc2F)CO[C@@](C)(C(F)(F)F)C(N)=N1. The molecule has 2 atom stereocenters. The molecular weight excluding hydrogens is 432 g/mol. The van der Waals surface area contributed by atoms with Crippen LogP contribution in [0.2, 0.25) is 0 Å². The Morgan fingerprint density at radius 2 is 2.00 bits per heavy atom. The number of hydrogen-bond donors (Lipinski definition) is 2. The Hall–Kier alpha value is -3.59. The van der Waals surface area contributed by atoms with Gasteiger partial charge in [-0.15, -0.1) is 0 Å². The van der Waals surface area contributed by atoms with Crippen LogP contribution in [-0.4, -0.2) is 40.0 Å². The largest absolute Gasteiger partial charge is 0.424 e. The van der Waals surface area contributed by atoms with Gasteiger partial charge in [-0.25, -0.2) is 9.37 Å². The van der Waals surface area contributed by atoms with Crippen molar-refractivity contribution < 1.29 is 27.1 Å². The van der Waals surface area contributed by atoms with Gasteiger partial charge in [-0.2, -0.15) is 18.4 Å². The van der Waals surface area contributed by atoms with Gasteiger partial charge in [-0.1, -0.05) is 0 Å². The summed E-state index contributed by atoms with van der Waals surface area (Å²) in [6.45, 7) is 1.42. The summed E-state index contributed by atoms with van der Waals surface area (Å²) in [6, 6.07) is 5.40. The minimum atomic E-state index is -4.82. The number of Topliss-reactive ketones (excluding diaryl/α,β-unsaturated/α-hetero) is 1. The third-order valence-corrected chi connectivity index (χ3v) is 5.10. The number of rotatable bonds is 4. The van der Waals surface area contributed by atoms with Crippen LogP contribution < -0.4 is 11.5 Å².